The number of benzene rings is 1. The van der Waals surface area contributed by atoms with E-state index in [0.717, 1.165) is 55.7 Å². The number of H-pyrrole nitrogens is 1. The molecule has 0 saturated heterocycles. The number of allylic oxidation sites excluding steroid dienone is 3. The highest BCUT2D eigenvalue weighted by Crippen LogP contribution is 2.47. The quantitative estimate of drug-likeness (QED) is 0.452. The molecule has 212 valence electrons. The topological polar surface area (TPSA) is 91.3 Å². The number of nitrogens with zero attached hydrogens (tertiary/aromatic N) is 3. The van der Waals surface area contributed by atoms with Crippen molar-refractivity contribution < 1.29 is 14.6 Å². The summed E-state index contributed by atoms with van der Waals surface area (Å²) in [6, 6.07) is 7.97. The van der Waals surface area contributed by atoms with Gasteiger partial charge in [-0.1, -0.05) is 25.0 Å². The molecule has 1 amide bonds. The maximum absolute atomic E-state index is 14.0. The zero-order valence-electron chi connectivity index (χ0n) is 24.0. The van der Waals surface area contributed by atoms with Crippen molar-refractivity contribution in [2.24, 2.45) is 23.2 Å². The molecule has 1 heterocycles. The molecular formula is C33H42N4O3. The van der Waals surface area contributed by atoms with Crippen LogP contribution in [0.15, 0.2) is 54.1 Å². The molecule has 7 nitrogen and oxygen atoms in total. The molecule has 0 aliphatic heterocycles. The molecular weight excluding hydrogens is 500 g/mol. The third kappa shape index (κ3) is 6.50. The van der Waals surface area contributed by atoms with Crippen molar-refractivity contribution >= 4 is 11.6 Å². The summed E-state index contributed by atoms with van der Waals surface area (Å²) < 4.78 is 5.53. The lowest BCUT2D eigenvalue weighted by molar-refractivity contribution is -0.124. The Kier molecular flexibility index (Phi) is 8.75. The summed E-state index contributed by atoms with van der Waals surface area (Å²) in [5, 5.41) is 17.8. The van der Waals surface area contributed by atoms with E-state index in [1.807, 2.05) is 29.2 Å². The van der Waals surface area contributed by atoms with E-state index in [2.05, 4.69) is 53.0 Å². The average molecular weight is 543 g/mol. The fraction of sp³-hybridized carbons (Fsp3) is 0.545. The highest BCUT2D eigenvalue weighted by atomic mass is 16.5. The number of hydrogen-bond acceptors (Lipinski definition) is 5. The number of methoxy groups -OCH3 is 1. The summed E-state index contributed by atoms with van der Waals surface area (Å²) in [6.45, 7) is 5.30. The van der Waals surface area contributed by atoms with Crippen molar-refractivity contribution in [2.45, 2.75) is 77.7 Å². The minimum Gasteiger partial charge on any atom is -0.497 e. The van der Waals surface area contributed by atoms with Crippen LogP contribution in [0.4, 0.5) is 5.69 Å². The van der Waals surface area contributed by atoms with E-state index in [1.165, 1.54) is 24.7 Å². The SMILES string of the molecule is COC1=C(C)CC(C)([C@H]2CC[C@H](CN(c3cccc(C#Cc4nnc[nH]4)c3)C(=O)[C@H]3CC[C@H](O)CC3)CC2)C=C1. The first-order chi connectivity index (χ1) is 19.3. The van der Waals surface area contributed by atoms with Gasteiger partial charge in [0.05, 0.1) is 13.2 Å². The van der Waals surface area contributed by atoms with Gasteiger partial charge in [0.25, 0.3) is 0 Å². The molecule has 1 atom stereocenters. The van der Waals surface area contributed by atoms with Crippen molar-refractivity contribution in [3.05, 3.63) is 65.5 Å². The van der Waals surface area contributed by atoms with Crippen LogP contribution in [0.2, 0.25) is 0 Å². The molecule has 5 rings (SSSR count). The summed E-state index contributed by atoms with van der Waals surface area (Å²) in [7, 11) is 1.75. The van der Waals surface area contributed by atoms with Crippen LogP contribution in [-0.4, -0.2) is 46.0 Å². The molecule has 1 aromatic carbocycles. The number of aliphatic hydroxyl groups excluding tert-OH is 1. The molecule has 0 spiro atoms. The second kappa shape index (κ2) is 12.4. The van der Waals surface area contributed by atoms with Crippen LogP contribution in [0, 0.1) is 35.0 Å². The van der Waals surface area contributed by atoms with Crippen LogP contribution in [-0.2, 0) is 9.53 Å². The van der Waals surface area contributed by atoms with E-state index < -0.39 is 0 Å². The fourth-order valence-electron chi connectivity index (χ4n) is 6.93. The maximum Gasteiger partial charge on any atom is 0.230 e. The van der Waals surface area contributed by atoms with Gasteiger partial charge in [-0.3, -0.25) is 4.79 Å². The van der Waals surface area contributed by atoms with E-state index in [0.29, 0.717) is 30.5 Å². The molecule has 2 saturated carbocycles. The fourth-order valence-corrected chi connectivity index (χ4v) is 6.93. The first-order valence-electron chi connectivity index (χ1n) is 14.7. The van der Waals surface area contributed by atoms with Gasteiger partial charge in [-0.05, 0) is 118 Å². The summed E-state index contributed by atoms with van der Waals surface area (Å²) in [5.74, 6) is 8.91. The number of nitrogens with one attached hydrogen (secondary N) is 1. The predicted molar refractivity (Wildman–Crippen MR) is 156 cm³/mol. The van der Waals surface area contributed by atoms with Gasteiger partial charge in [0.15, 0.2) is 0 Å². The number of ether oxygens (including phenoxy) is 1. The number of aromatic nitrogens is 3. The Morgan fingerprint density at radius 1 is 1.15 bits per heavy atom. The van der Waals surface area contributed by atoms with Crippen LogP contribution in [0.3, 0.4) is 0 Å². The van der Waals surface area contributed by atoms with Gasteiger partial charge in [-0.25, -0.2) is 0 Å². The van der Waals surface area contributed by atoms with E-state index in [-0.39, 0.29) is 23.3 Å². The van der Waals surface area contributed by atoms with Crippen LogP contribution in [0.5, 0.6) is 0 Å². The molecule has 2 aromatic rings. The average Bonchev–Trinajstić information content (AvgIpc) is 3.49. The lowest BCUT2D eigenvalue weighted by atomic mass is 9.64. The third-order valence-electron chi connectivity index (χ3n) is 9.33. The molecule has 7 heteroatoms. The van der Waals surface area contributed by atoms with Gasteiger partial charge < -0.3 is 19.7 Å². The predicted octanol–water partition coefficient (Wildman–Crippen LogP) is 5.78. The Hall–Kier alpha value is -3.37. The Bertz CT molecular complexity index is 1290. The highest BCUT2D eigenvalue weighted by molar-refractivity contribution is 5.95. The molecule has 0 radical (unpaired) electrons. The van der Waals surface area contributed by atoms with Crippen LogP contribution in [0.25, 0.3) is 0 Å². The minimum atomic E-state index is -0.281. The lowest BCUT2D eigenvalue weighted by Crippen LogP contribution is -2.42. The van der Waals surface area contributed by atoms with E-state index in [1.54, 1.807) is 7.11 Å². The first-order valence-corrected chi connectivity index (χ1v) is 14.7. The number of amides is 1. The van der Waals surface area contributed by atoms with Gasteiger partial charge >= 0.3 is 0 Å². The highest BCUT2D eigenvalue weighted by Gasteiger charge is 2.38. The van der Waals surface area contributed by atoms with Crippen molar-refractivity contribution in [1.29, 1.82) is 0 Å². The zero-order chi connectivity index (χ0) is 28.1. The van der Waals surface area contributed by atoms with Crippen molar-refractivity contribution in [3.63, 3.8) is 0 Å². The molecule has 2 N–H and O–H groups in total. The minimum absolute atomic E-state index is 0.0419. The normalized spacial score (nSPS) is 28.5. The number of aromatic amines is 1. The number of anilines is 1. The van der Waals surface area contributed by atoms with Crippen molar-refractivity contribution in [3.8, 4) is 11.8 Å². The third-order valence-corrected chi connectivity index (χ3v) is 9.33. The van der Waals surface area contributed by atoms with Gasteiger partial charge in [0.1, 0.15) is 12.1 Å². The molecule has 3 aliphatic rings. The van der Waals surface area contributed by atoms with Crippen molar-refractivity contribution in [1.82, 2.24) is 15.2 Å². The Labute approximate surface area is 238 Å². The lowest BCUT2D eigenvalue weighted by Gasteiger charge is -2.43. The standard InChI is InChI=1S/C33H42N4O3/c1-23-20-33(2,18-17-30(23)40-3)27-12-7-25(8-13-27)21-37(32(39)26-10-14-29(38)15-11-26)28-6-4-5-24(19-28)9-16-31-34-22-35-36-31/h4-6,17-19,22,25-27,29,38H,7-8,10-15,20-21H2,1-3H3,(H,34,35,36)/t25-,26-,27-,29-,33?. The molecule has 1 aromatic heterocycles. The Morgan fingerprint density at radius 3 is 2.60 bits per heavy atom. The smallest absolute Gasteiger partial charge is 0.230 e. The largest absolute Gasteiger partial charge is 0.497 e. The van der Waals surface area contributed by atoms with Crippen LogP contribution >= 0.6 is 0 Å². The Morgan fingerprint density at radius 2 is 1.93 bits per heavy atom. The molecule has 0 bridgehead atoms. The summed E-state index contributed by atoms with van der Waals surface area (Å²) in [6.07, 6.45) is 14.2. The molecule has 2 fully saturated rings. The van der Waals surface area contributed by atoms with Gasteiger partial charge in [-0.2, -0.15) is 0 Å². The maximum atomic E-state index is 14.0. The van der Waals surface area contributed by atoms with Gasteiger partial charge in [-0.15, -0.1) is 10.2 Å². The van der Waals surface area contributed by atoms with Gasteiger partial charge in [0, 0.05) is 23.7 Å². The summed E-state index contributed by atoms with van der Waals surface area (Å²) in [5.41, 5.74) is 3.23. The molecule has 1 unspecified atom stereocenters. The van der Waals surface area contributed by atoms with Crippen LogP contribution in [0.1, 0.15) is 83.0 Å². The molecule has 3 aliphatic carbocycles. The van der Waals surface area contributed by atoms with E-state index in [4.69, 9.17) is 4.74 Å². The van der Waals surface area contributed by atoms with E-state index >= 15 is 0 Å². The summed E-state index contributed by atoms with van der Waals surface area (Å²) in [4.78, 5) is 18.9. The Balaban J connectivity index is 1.30. The first kappa shape index (κ1) is 28.2. The monoisotopic (exact) mass is 542 g/mol. The number of rotatable bonds is 6. The number of hydrogen-bond donors (Lipinski definition) is 2. The number of aliphatic hydroxyl groups is 1. The zero-order valence-corrected chi connectivity index (χ0v) is 24.0. The van der Waals surface area contributed by atoms with E-state index in [9.17, 15) is 9.90 Å². The molecule has 40 heavy (non-hydrogen) atoms. The summed E-state index contributed by atoms with van der Waals surface area (Å²) >= 11 is 0. The second-order valence-electron chi connectivity index (χ2n) is 12.2. The van der Waals surface area contributed by atoms with Gasteiger partial charge in [0.2, 0.25) is 11.7 Å². The second-order valence-corrected chi connectivity index (χ2v) is 12.2. The van der Waals surface area contributed by atoms with Crippen molar-refractivity contribution in [2.75, 3.05) is 18.6 Å². The van der Waals surface area contributed by atoms with Crippen LogP contribution < -0.4 is 4.90 Å². The number of carbonyl (C=O) groups excluding carboxylic acids is 1. The number of carbonyl (C=O) groups is 1.